The molecule has 2 aliphatic carbocycles. The first-order valence-corrected chi connectivity index (χ1v) is 12.2. The van der Waals surface area contributed by atoms with Crippen LogP contribution in [-0.4, -0.2) is 81.7 Å². The smallest absolute Gasteiger partial charge is 0.228 e. The topological polar surface area (TPSA) is 184 Å². The van der Waals surface area contributed by atoms with Crippen molar-refractivity contribution in [2.45, 2.75) is 69.4 Å². The SMILES string of the molecule is CC1N=C(C2CC=C(OC3OC(CO)C(O)C(O)C3O)CC2)N=C(NC2=CCC(C#N)C=C2)C1C=N. The summed E-state index contributed by atoms with van der Waals surface area (Å²) in [7, 11) is 0. The number of aliphatic imine (C=N–C) groups is 2. The number of nitrogens with zero attached hydrogens (tertiary/aromatic N) is 3. The van der Waals surface area contributed by atoms with Gasteiger partial charge in [0.1, 0.15) is 36.1 Å². The van der Waals surface area contributed by atoms with Gasteiger partial charge >= 0.3 is 0 Å². The van der Waals surface area contributed by atoms with E-state index in [1.807, 2.05) is 31.2 Å². The van der Waals surface area contributed by atoms with E-state index in [2.05, 4.69) is 11.4 Å². The van der Waals surface area contributed by atoms with Gasteiger partial charge in [-0.15, -0.1) is 0 Å². The lowest BCUT2D eigenvalue weighted by atomic mass is 9.90. The minimum absolute atomic E-state index is 0.0388. The molecule has 2 aliphatic heterocycles. The summed E-state index contributed by atoms with van der Waals surface area (Å²) in [4.78, 5) is 9.53. The maximum absolute atomic E-state index is 10.2. The zero-order chi connectivity index (χ0) is 25.8. The molecule has 0 saturated carbocycles. The highest BCUT2D eigenvalue weighted by molar-refractivity contribution is 6.07. The van der Waals surface area contributed by atoms with Gasteiger partial charge in [-0.05, 0) is 38.3 Å². The first-order valence-electron chi connectivity index (χ1n) is 12.2. The molecular formula is C25H33N5O6. The Bertz CT molecular complexity index is 1030. The Kier molecular flexibility index (Phi) is 8.33. The summed E-state index contributed by atoms with van der Waals surface area (Å²) >= 11 is 0. The van der Waals surface area contributed by atoms with Crippen LogP contribution >= 0.6 is 0 Å². The van der Waals surface area contributed by atoms with Crippen LogP contribution in [0.15, 0.2) is 45.7 Å². The Labute approximate surface area is 209 Å². The summed E-state index contributed by atoms with van der Waals surface area (Å²) in [5.41, 5.74) is 0.847. The monoisotopic (exact) mass is 499 g/mol. The molecule has 6 N–H and O–H groups in total. The summed E-state index contributed by atoms with van der Waals surface area (Å²) in [6.07, 6.45) is 4.74. The lowest BCUT2D eigenvalue weighted by Crippen LogP contribution is -2.59. The van der Waals surface area contributed by atoms with Gasteiger partial charge in [0.25, 0.3) is 0 Å². The summed E-state index contributed by atoms with van der Waals surface area (Å²) in [6, 6.07) is 2.07. The number of rotatable bonds is 6. The second kappa shape index (κ2) is 11.5. The van der Waals surface area contributed by atoms with Gasteiger partial charge in [-0.3, -0.25) is 4.99 Å². The van der Waals surface area contributed by atoms with Crippen LogP contribution in [0.3, 0.4) is 0 Å². The quantitative estimate of drug-likeness (QED) is 0.286. The van der Waals surface area contributed by atoms with Crippen molar-refractivity contribution < 1.29 is 29.9 Å². The van der Waals surface area contributed by atoms with E-state index in [-0.39, 0.29) is 23.8 Å². The van der Waals surface area contributed by atoms with Crippen molar-refractivity contribution in [2.24, 2.45) is 27.7 Å². The highest BCUT2D eigenvalue weighted by atomic mass is 16.7. The Morgan fingerprint density at radius 1 is 1.25 bits per heavy atom. The summed E-state index contributed by atoms with van der Waals surface area (Å²) in [6.45, 7) is 1.44. The van der Waals surface area contributed by atoms with Crippen molar-refractivity contribution in [1.29, 1.82) is 10.7 Å². The van der Waals surface area contributed by atoms with Crippen molar-refractivity contribution in [2.75, 3.05) is 6.61 Å². The van der Waals surface area contributed by atoms with Crippen LogP contribution in [0.25, 0.3) is 0 Å². The maximum Gasteiger partial charge on any atom is 0.228 e. The molecule has 0 spiro atoms. The zero-order valence-corrected chi connectivity index (χ0v) is 20.1. The molecule has 9 unspecified atom stereocenters. The summed E-state index contributed by atoms with van der Waals surface area (Å²) < 4.78 is 11.2. The Balaban J connectivity index is 1.42. The second-order valence-electron chi connectivity index (χ2n) is 9.49. The van der Waals surface area contributed by atoms with Gasteiger partial charge in [0.15, 0.2) is 0 Å². The van der Waals surface area contributed by atoms with Crippen molar-refractivity contribution in [1.82, 2.24) is 5.32 Å². The summed E-state index contributed by atoms with van der Waals surface area (Å²) in [5.74, 6) is 1.57. The van der Waals surface area contributed by atoms with E-state index in [4.69, 9.17) is 30.1 Å². The highest BCUT2D eigenvalue weighted by Crippen LogP contribution is 2.31. The summed E-state index contributed by atoms with van der Waals surface area (Å²) in [5, 5.41) is 59.8. The van der Waals surface area contributed by atoms with Gasteiger partial charge < -0.3 is 40.6 Å². The number of aliphatic hydroxyl groups is 4. The lowest BCUT2D eigenvalue weighted by molar-refractivity contribution is -0.292. The largest absolute Gasteiger partial charge is 0.467 e. The van der Waals surface area contributed by atoms with Crippen molar-refractivity contribution in [3.8, 4) is 6.07 Å². The zero-order valence-electron chi connectivity index (χ0n) is 20.1. The molecule has 0 aromatic carbocycles. The predicted octanol–water partition coefficient (Wildman–Crippen LogP) is 0.525. The fraction of sp³-hybridized carbons (Fsp3) is 0.600. The van der Waals surface area contributed by atoms with E-state index in [0.717, 1.165) is 5.70 Å². The molecule has 2 heterocycles. The highest BCUT2D eigenvalue weighted by Gasteiger charge is 2.45. The molecule has 4 aliphatic rings. The van der Waals surface area contributed by atoms with Crippen LogP contribution in [0.2, 0.25) is 0 Å². The van der Waals surface area contributed by atoms with Gasteiger partial charge in [0.05, 0.1) is 36.3 Å². The molecule has 0 bridgehead atoms. The van der Waals surface area contributed by atoms with Gasteiger partial charge in [-0.2, -0.15) is 5.26 Å². The predicted molar refractivity (Wildman–Crippen MR) is 131 cm³/mol. The van der Waals surface area contributed by atoms with Crippen molar-refractivity contribution >= 4 is 17.9 Å². The number of nitriles is 1. The van der Waals surface area contributed by atoms with E-state index in [9.17, 15) is 20.4 Å². The van der Waals surface area contributed by atoms with Crippen LogP contribution in [0, 0.1) is 34.5 Å². The number of allylic oxidation sites excluding steroid dienone is 5. The molecule has 4 rings (SSSR count). The molecule has 11 nitrogen and oxygen atoms in total. The van der Waals surface area contributed by atoms with Crippen LogP contribution in [0.1, 0.15) is 32.6 Å². The first kappa shape index (κ1) is 26.2. The minimum atomic E-state index is -1.49. The van der Waals surface area contributed by atoms with E-state index in [1.165, 1.54) is 6.21 Å². The Hall–Kier alpha value is -2.88. The van der Waals surface area contributed by atoms with E-state index >= 15 is 0 Å². The number of aliphatic hydroxyl groups excluding tert-OH is 4. The van der Waals surface area contributed by atoms with Crippen LogP contribution in [0.5, 0.6) is 0 Å². The third kappa shape index (κ3) is 5.58. The Morgan fingerprint density at radius 3 is 2.67 bits per heavy atom. The molecular weight excluding hydrogens is 466 g/mol. The van der Waals surface area contributed by atoms with Gasteiger partial charge in [0.2, 0.25) is 6.29 Å². The molecule has 36 heavy (non-hydrogen) atoms. The van der Waals surface area contributed by atoms with Crippen molar-refractivity contribution in [3.63, 3.8) is 0 Å². The fourth-order valence-electron chi connectivity index (χ4n) is 4.69. The molecule has 0 radical (unpaired) electrons. The van der Waals surface area contributed by atoms with E-state index < -0.39 is 37.3 Å². The molecule has 0 aromatic heterocycles. The third-order valence-corrected chi connectivity index (χ3v) is 6.97. The standard InChI is InChI=1S/C25H33N5O6/c1-13-18(11-27)24(29-16-6-2-14(10-26)3-7-16)30-23(28-13)15-4-8-17(9-5-15)35-25-22(34)21(33)20(32)19(12-31)36-25/h2,6-8,11,13-15,18-22,25,27,31-34H,3-5,9,12H2,1H3,(H,28,29,30). The number of hydrogen-bond acceptors (Lipinski definition) is 11. The average Bonchev–Trinajstić information content (AvgIpc) is 2.89. The van der Waals surface area contributed by atoms with Gasteiger partial charge in [-0.25, -0.2) is 4.99 Å². The molecule has 0 aromatic rings. The molecule has 11 heteroatoms. The molecule has 1 fully saturated rings. The first-order chi connectivity index (χ1) is 17.3. The van der Waals surface area contributed by atoms with E-state index in [0.29, 0.717) is 43.1 Å². The fourth-order valence-corrected chi connectivity index (χ4v) is 4.69. The van der Waals surface area contributed by atoms with Gasteiger partial charge in [0, 0.05) is 24.3 Å². The third-order valence-electron chi connectivity index (χ3n) is 6.97. The van der Waals surface area contributed by atoms with Crippen LogP contribution < -0.4 is 5.32 Å². The Morgan fingerprint density at radius 2 is 2.06 bits per heavy atom. The molecule has 194 valence electrons. The maximum atomic E-state index is 10.2. The van der Waals surface area contributed by atoms with E-state index in [1.54, 1.807) is 0 Å². The normalized spacial score (nSPS) is 38.6. The number of nitrogens with one attached hydrogen (secondary N) is 2. The average molecular weight is 500 g/mol. The van der Waals surface area contributed by atoms with Crippen molar-refractivity contribution in [3.05, 3.63) is 35.8 Å². The van der Waals surface area contributed by atoms with Crippen LogP contribution in [0.4, 0.5) is 0 Å². The molecule has 9 atom stereocenters. The van der Waals surface area contributed by atoms with Crippen LogP contribution in [-0.2, 0) is 9.47 Å². The lowest BCUT2D eigenvalue weighted by Gasteiger charge is -2.40. The molecule has 0 amide bonds. The number of amidine groups is 2. The van der Waals surface area contributed by atoms with Gasteiger partial charge in [-0.1, -0.05) is 12.2 Å². The number of ether oxygens (including phenoxy) is 2. The number of hydrogen-bond donors (Lipinski definition) is 6. The molecule has 1 saturated heterocycles. The minimum Gasteiger partial charge on any atom is -0.467 e. The second-order valence-corrected chi connectivity index (χ2v) is 9.49.